The van der Waals surface area contributed by atoms with Crippen molar-refractivity contribution in [2.75, 3.05) is 0 Å². The first-order chi connectivity index (χ1) is 58.4. The van der Waals surface area contributed by atoms with Crippen LogP contribution in [-0.4, -0.2) is 75.7 Å². The molecule has 22 aromatic rings. The maximum Gasteiger partial charge on any atom is 0.164 e. The van der Waals surface area contributed by atoms with Gasteiger partial charge in [0.05, 0.1) is 25.9 Å². The van der Waals surface area contributed by atoms with Gasteiger partial charge in [-0.15, -0.1) is 43.1 Å². The Hall–Kier alpha value is -15.7. The van der Waals surface area contributed by atoms with Gasteiger partial charge in [-0.3, -0.25) is 0 Å². The number of hydrogen-bond acceptors (Lipinski definition) is 17. The van der Waals surface area contributed by atoms with Crippen LogP contribution in [0, 0.1) is 0 Å². The molecule has 0 bridgehead atoms. The van der Waals surface area contributed by atoms with Crippen molar-refractivity contribution >= 4 is 85.6 Å². The number of aromatic nitrogens is 15. The summed E-state index contributed by atoms with van der Waals surface area (Å²) in [6.45, 7) is 0. The highest BCUT2D eigenvalue weighted by Crippen LogP contribution is 2.42. The Labute approximate surface area is 684 Å². The standard InChI is InChI=1S/C51H31N7S.C50H30N8S/c1-3-11-32(12-4-1)33-21-25-36(26-22-33)49-53-48(35-13-5-2-6-14-35)54-50(55-49)37-27-23-34(24-28-37)38-16-9-17-39(29-38)40-18-10-19-42(30-40)45-47-46(57-58-56-45)43-31-41-15-7-8-20-44(41)52-51(43)59-47;1-3-11-31(12-4-1)32-21-25-35(26-22-32)48-53-47(34-13-5-2-6-14-34)54-49(55-48)36-27-23-33(24-28-36)37-15-9-16-38(29-37)39-17-10-18-40(30-39)43-46-44(57-58-56-43)45-50(59-46)52-42-20-8-7-19-41(42)51-45/h1-31H;1-30H. The lowest BCUT2D eigenvalue weighted by Crippen LogP contribution is -2.00. The van der Waals surface area contributed by atoms with Crippen LogP contribution in [0.15, 0.2) is 370 Å². The average Bonchev–Trinajstić information content (AvgIpc) is 1.60. The fourth-order valence-electron chi connectivity index (χ4n) is 14.9. The summed E-state index contributed by atoms with van der Waals surface area (Å²) < 4.78 is 1.89. The van der Waals surface area contributed by atoms with Crippen molar-refractivity contribution in [1.82, 2.24) is 75.7 Å². The van der Waals surface area contributed by atoms with Crippen LogP contribution in [0.3, 0.4) is 0 Å². The Balaban J connectivity index is 0.000000147. The summed E-state index contributed by atoms with van der Waals surface area (Å²) in [5.74, 6) is 3.75. The summed E-state index contributed by atoms with van der Waals surface area (Å²) in [5.41, 5.74) is 27.3. The largest absolute Gasteiger partial charge is 0.241 e. The van der Waals surface area contributed by atoms with Gasteiger partial charge in [0.1, 0.15) is 37.6 Å². The molecule has 22 rings (SSSR count). The van der Waals surface area contributed by atoms with Crippen LogP contribution < -0.4 is 0 Å². The summed E-state index contributed by atoms with van der Waals surface area (Å²) in [6, 6.07) is 127. The smallest absolute Gasteiger partial charge is 0.164 e. The van der Waals surface area contributed by atoms with Crippen molar-refractivity contribution < 1.29 is 0 Å². The summed E-state index contributed by atoms with van der Waals surface area (Å²) in [7, 11) is 0. The van der Waals surface area contributed by atoms with Crippen molar-refractivity contribution in [1.29, 1.82) is 0 Å². The van der Waals surface area contributed by atoms with Gasteiger partial charge < -0.3 is 0 Å². The van der Waals surface area contributed by atoms with E-state index in [4.69, 9.17) is 44.9 Å². The number of nitrogens with zero attached hydrogens (tertiary/aromatic N) is 15. The second-order valence-corrected chi connectivity index (χ2v) is 30.4. The third kappa shape index (κ3) is 13.9. The fraction of sp³-hybridized carbons (Fsp3) is 0. The minimum atomic E-state index is 0.616. The first-order valence-electron chi connectivity index (χ1n) is 38.5. The third-order valence-corrected chi connectivity index (χ3v) is 23.2. The van der Waals surface area contributed by atoms with E-state index in [1.807, 2.05) is 115 Å². The minimum absolute atomic E-state index is 0.616. The zero-order chi connectivity index (χ0) is 78.2. The van der Waals surface area contributed by atoms with Gasteiger partial charge in [-0.1, -0.05) is 322 Å². The molecule has 0 aliphatic rings. The second kappa shape index (κ2) is 30.7. The summed E-state index contributed by atoms with van der Waals surface area (Å²) in [5, 5.41) is 28.3. The Kier molecular flexibility index (Phi) is 18.2. The molecule has 8 heterocycles. The number of pyridine rings is 1. The number of hydrogen-bond donors (Lipinski definition) is 0. The van der Waals surface area contributed by atoms with Gasteiger partial charge in [-0.25, -0.2) is 44.9 Å². The first kappa shape index (κ1) is 70.2. The molecule has 0 radical (unpaired) electrons. The second-order valence-electron chi connectivity index (χ2n) is 28.4. The van der Waals surface area contributed by atoms with E-state index >= 15 is 0 Å². The summed E-state index contributed by atoms with van der Waals surface area (Å²) in [4.78, 5) is 46.2. The lowest BCUT2D eigenvalue weighted by molar-refractivity contribution is 0.904. The summed E-state index contributed by atoms with van der Waals surface area (Å²) >= 11 is 3.16. The van der Waals surface area contributed by atoms with Gasteiger partial charge in [0.2, 0.25) is 0 Å². The molecule has 0 N–H and O–H groups in total. The predicted octanol–water partition coefficient (Wildman–Crippen LogP) is 24.7. The van der Waals surface area contributed by atoms with Crippen molar-refractivity contribution in [2.24, 2.45) is 0 Å². The Morgan fingerprint density at radius 2 is 0.441 bits per heavy atom. The van der Waals surface area contributed by atoms with E-state index in [1.165, 1.54) is 5.56 Å². The highest BCUT2D eigenvalue weighted by atomic mass is 32.1. The van der Waals surface area contributed by atoms with E-state index in [0.717, 1.165) is 175 Å². The fourth-order valence-corrected chi connectivity index (χ4v) is 17.1. The molecule has 0 saturated heterocycles. The van der Waals surface area contributed by atoms with Gasteiger partial charge in [0, 0.05) is 55.3 Å². The van der Waals surface area contributed by atoms with Gasteiger partial charge >= 0.3 is 0 Å². The molecule has 0 amide bonds. The van der Waals surface area contributed by atoms with Gasteiger partial charge in [0.15, 0.2) is 34.9 Å². The van der Waals surface area contributed by atoms with Crippen LogP contribution in [0.2, 0.25) is 0 Å². The van der Waals surface area contributed by atoms with Gasteiger partial charge in [-0.2, -0.15) is 0 Å². The quantitative estimate of drug-likeness (QED) is 0.0997. The van der Waals surface area contributed by atoms with E-state index in [0.29, 0.717) is 40.5 Å². The molecule has 14 aromatic carbocycles. The van der Waals surface area contributed by atoms with Crippen LogP contribution in [0.25, 0.3) is 221 Å². The van der Waals surface area contributed by atoms with Crippen LogP contribution in [0.1, 0.15) is 0 Å². The maximum absolute atomic E-state index is 5.00. The van der Waals surface area contributed by atoms with E-state index in [9.17, 15) is 0 Å². The topological polar surface area (TPSA) is 193 Å². The number of thiophene rings is 2. The molecular formula is C101H61N15S2. The summed E-state index contributed by atoms with van der Waals surface area (Å²) in [6.07, 6.45) is 0. The van der Waals surface area contributed by atoms with E-state index in [1.54, 1.807) is 22.7 Å². The number of fused-ring (bicyclic) bond motifs is 8. The average molecular weight is 1550 g/mol. The molecule has 0 unspecified atom stereocenters. The van der Waals surface area contributed by atoms with Crippen molar-refractivity contribution in [3.8, 4) is 158 Å². The number of para-hydroxylation sites is 3. The van der Waals surface area contributed by atoms with Crippen LogP contribution in [0.5, 0.6) is 0 Å². The van der Waals surface area contributed by atoms with Crippen molar-refractivity contribution in [3.05, 3.63) is 370 Å². The molecule has 0 aliphatic heterocycles. The SMILES string of the molecule is c1ccc(-c2ccc(-c3nc(-c4ccccc4)nc(-c4ccc(-c5cccc(-c6cccc(-c7nnnc8c7sc7nc9ccccc9cc78)c6)c5)cc4)n3)cc2)cc1.c1ccc(-c2ccc(-c3nc(-c4ccccc4)nc(-c4ccc(-c5cccc(-c6cccc(-c7nnnc8c7sc7nc9ccccc9nc78)c6)c5)cc4)n3)cc2)cc1. The zero-order valence-electron chi connectivity index (χ0n) is 62.7. The van der Waals surface area contributed by atoms with Crippen LogP contribution in [-0.2, 0) is 0 Å². The van der Waals surface area contributed by atoms with Gasteiger partial charge in [0.25, 0.3) is 0 Å². The molecule has 0 aliphatic carbocycles. The number of rotatable bonds is 14. The third-order valence-electron chi connectivity index (χ3n) is 21.0. The molecular weight excluding hydrogens is 1490 g/mol. The molecule has 8 aromatic heterocycles. The minimum Gasteiger partial charge on any atom is -0.241 e. The highest BCUT2D eigenvalue weighted by Gasteiger charge is 2.22. The van der Waals surface area contributed by atoms with Crippen molar-refractivity contribution in [3.63, 3.8) is 0 Å². The molecule has 0 fully saturated rings. The van der Waals surface area contributed by atoms with E-state index < -0.39 is 0 Å². The van der Waals surface area contributed by atoms with E-state index in [2.05, 4.69) is 286 Å². The molecule has 0 spiro atoms. The monoisotopic (exact) mass is 1550 g/mol. The van der Waals surface area contributed by atoms with Crippen LogP contribution >= 0.6 is 22.7 Å². The molecule has 17 heteroatoms. The predicted molar refractivity (Wildman–Crippen MR) is 477 cm³/mol. The lowest BCUT2D eigenvalue weighted by Gasteiger charge is -2.10. The lowest BCUT2D eigenvalue weighted by atomic mass is 9.97. The number of benzene rings is 14. The maximum atomic E-state index is 5.00. The Bertz CT molecular complexity index is 7080. The molecule has 0 atom stereocenters. The highest BCUT2D eigenvalue weighted by molar-refractivity contribution is 7.26. The van der Waals surface area contributed by atoms with E-state index in [-0.39, 0.29) is 0 Å². The molecule has 0 saturated carbocycles. The Morgan fingerprint density at radius 3 is 0.856 bits per heavy atom. The first-order valence-corrected chi connectivity index (χ1v) is 40.1. The zero-order valence-corrected chi connectivity index (χ0v) is 64.4. The van der Waals surface area contributed by atoms with Crippen molar-refractivity contribution in [2.45, 2.75) is 0 Å². The molecule has 15 nitrogen and oxygen atoms in total. The normalized spacial score (nSPS) is 11.4. The molecule has 552 valence electrons. The Morgan fingerprint density at radius 1 is 0.169 bits per heavy atom. The van der Waals surface area contributed by atoms with Crippen LogP contribution in [0.4, 0.5) is 0 Å². The van der Waals surface area contributed by atoms with Gasteiger partial charge in [-0.05, 0) is 126 Å². The molecule has 118 heavy (non-hydrogen) atoms.